The standard InChI is InChI=1S/C14H18N2O3S2/c1-11-15-12(10-20-11)8-9-19-14-6-4-13(5-7-14)16(2)21(3,17)18/h4-7,10H,8-9H2,1-3H3. The average molecular weight is 326 g/mol. The lowest BCUT2D eigenvalue weighted by molar-refractivity contribution is 0.321. The number of rotatable bonds is 6. The second-order valence-corrected chi connectivity index (χ2v) is 7.76. The van der Waals surface area contributed by atoms with E-state index in [0.29, 0.717) is 18.0 Å². The fraction of sp³-hybridized carbons (Fsp3) is 0.357. The topological polar surface area (TPSA) is 59.5 Å². The first-order chi connectivity index (χ1) is 9.86. The third-order valence-electron chi connectivity index (χ3n) is 2.99. The lowest BCUT2D eigenvalue weighted by Crippen LogP contribution is -2.24. The summed E-state index contributed by atoms with van der Waals surface area (Å²) in [6, 6.07) is 6.99. The summed E-state index contributed by atoms with van der Waals surface area (Å²) in [7, 11) is -1.71. The average Bonchev–Trinajstić information content (AvgIpc) is 2.83. The number of benzene rings is 1. The van der Waals surface area contributed by atoms with Crippen molar-refractivity contribution in [1.82, 2.24) is 4.98 Å². The molecule has 5 nitrogen and oxygen atoms in total. The van der Waals surface area contributed by atoms with Gasteiger partial charge in [-0.3, -0.25) is 4.31 Å². The van der Waals surface area contributed by atoms with Gasteiger partial charge in [0.05, 0.1) is 29.3 Å². The van der Waals surface area contributed by atoms with Crippen LogP contribution in [0.15, 0.2) is 29.6 Å². The van der Waals surface area contributed by atoms with E-state index >= 15 is 0 Å². The summed E-state index contributed by atoms with van der Waals surface area (Å²) in [6.07, 6.45) is 1.93. The Morgan fingerprint density at radius 2 is 1.95 bits per heavy atom. The smallest absolute Gasteiger partial charge is 0.231 e. The summed E-state index contributed by atoms with van der Waals surface area (Å²) in [5, 5.41) is 3.08. The van der Waals surface area contributed by atoms with Crippen molar-refractivity contribution >= 4 is 27.0 Å². The molecule has 114 valence electrons. The fourth-order valence-electron chi connectivity index (χ4n) is 1.74. The molecule has 1 aromatic carbocycles. The number of aromatic nitrogens is 1. The zero-order valence-corrected chi connectivity index (χ0v) is 13.9. The molecule has 0 amide bonds. The molecule has 0 atom stereocenters. The maximum absolute atomic E-state index is 11.4. The number of aryl methyl sites for hydroxylation is 1. The third kappa shape index (κ3) is 4.44. The van der Waals surface area contributed by atoms with Crippen LogP contribution >= 0.6 is 11.3 Å². The second-order valence-electron chi connectivity index (χ2n) is 4.68. The Kier molecular flexibility index (Phi) is 4.84. The van der Waals surface area contributed by atoms with Crippen molar-refractivity contribution in [2.75, 3.05) is 24.2 Å². The van der Waals surface area contributed by atoms with Gasteiger partial charge in [-0.1, -0.05) is 0 Å². The van der Waals surface area contributed by atoms with Crippen LogP contribution in [0, 0.1) is 6.92 Å². The van der Waals surface area contributed by atoms with Gasteiger partial charge >= 0.3 is 0 Å². The summed E-state index contributed by atoms with van der Waals surface area (Å²) in [5.41, 5.74) is 1.64. The number of nitrogens with zero attached hydrogens (tertiary/aromatic N) is 2. The molecule has 0 saturated carbocycles. The molecule has 0 N–H and O–H groups in total. The molecule has 0 aliphatic carbocycles. The van der Waals surface area contributed by atoms with E-state index in [9.17, 15) is 8.42 Å². The van der Waals surface area contributed by atoms with Crippen molar-refractivity contribution in [1.29, 1.82) is 0 Å². The predicted molar refractivity (Wildman–Crippen MR) is 85.7 cm³/mol. The maximum atomic E-state index is 11.4. The fourth-order valence-corrected chi connectivity index (χ4v) is 2.89. The number of ether oxygens (including phenoxy) is 1. The molecule has 7 heteroatoms. The highest BCUT2D eigenvalue weighted by Gasteiger charge is 2.11. The molecular formula is C14H18N2O3S2. The molecule has 21 heavy (non-hydrogen) atoms. The number of anilines is 1. The van der Waals surface area contributed by atoms with Gasteiger partial charge in [-0.2, -0.15) is 0 Å². The summed E-state index contributed by atoms with van der Waals surface area (Å²) < 4.78 is 29.7. The van der Waals surface area contributed by atoms with Crippen molar-refractivity contribution in [3.05, 3.63) is 40.3 Å². The Labute approximate surface area is 129 Å². The predicted octanol–water partition coefficient (Wildman–Crippen LogP) is 2.47. The zero-order chi connectivity index (χ0) is 15.5. The largest absolute Gasteiger partial charge is 0.493 e. The first-order valence-corrected chi connectivity index (χ1v) is 9.17. The second kappa shape index (κ2) is 6.44. The van der Waals surface area contributed by atoms with Gasteiger partial charge in [-0.25, -0.2) is 13.4 Å². The van der Waals surface area contributed by atoms with E-state index in [1.807, 2.05) is 12.3 Å². The van der Waals surface area contributed by atoms with E-state index in [4.69, 9.17) is 4.74 Å². The van der Waals surface area contributed by atoms with E-state index < -0.39 is 10.0 Å². The molecule has 0 aliphatic rings. The van der Waals surface area contributed by atoms with Crippen LogP contribution in [0.2, 0.25) is 0 Å². The van der Waals surface area contributed by atoms with Gasteiger partial charge in [0, 0.05) is 18.8 Å². The zero-order valence-electron chi connectivity index (χ0n) is 12.2. The van der Waals surface area contributed by atoms with Gasteiger partial charge in [0.2, 0.25) is 10.0 Å². The minimum absolute atomic E-state index is 0.546. The van der Waals surface area contributed by atoms with Crippen LogP contribution in [0.1, 0.15) is 10.7 Å². The number of hydrogen-bond donors (Lipinski definition) is 0. The van der Waals surface area contributed by atoms with Crippen molar-refractivity contribution in [2.24, 2.45) is 0 Å². The van der Waals surface area contributed by atoms with Gasteiger partial charge in [0.15, 0.2) is 0 Å². The maximum Gasteiger partial charge on any atom is 0.231 e. The minimum atomic E-state index is -3.23. The molecule has 0 radical (unpaired) electrons. The van der Waals surface area contributed by atoms with E-state index in [-0.39, 0.29) is 0 Å². The van der Waals surface area contributed by atoms with Crippen LogP contribution in [0.5, 0.6) is 5.75 Å². The van der Waals surface area contributed by atoms with Gasteiger partial charge in [-0.15, -0.1) is 11.3 Å². The monoisotopic (exact) mass is 326 g/mol. The van der Waals surface area contributed by atoms with Crippen LogP contribution < -0.4 is 9.04 Å². The number of thiazole rings is 1. The van der Waals surface area contributed by atoms with Crippen molar-refractivity contribution in [3.63, 3.8) is 0 Å². The molecule has 0 saturated heterocycles. The highest BCUT2D eigenvalue weighted by molar-refractivity contribution is 7.92. The van der Waals surface area contributed by atoms with Crippen LogP contribution in [0.25, 0.3) is 0 Å². The van der Waals surface area contributed by atoms with Crippen LogP contribution in [0.3, 0.4) is 0 Å². The Hall–Kier alpha value is -1.60. The summed E-state index contributed by atoms with van der Waals surface area (Å²) in [6.45, 7) is 2.52. The molecule has 1 aromatic heterocycles. The van der Waals surface area contributed by atoms with Gasteiger partial charge in [0.1, 0.15) is 5.75 Å². The van der Waals surface area contributed by atoms with Crippen LogP contribution in [-0.4, -0.2) is 33.3 Å². The first kappa shape index (κ1) is 15.8. The summed E-state index contributed by atoms with van der Waals surface area (Å²) in [5.74, 6) is 0.715. The number of sulfonamides is 1. The SMILES string of the molecule is Cc1nc(CCOc2ccc(N(C)S(C)(=O)=O)cc2)cs1. The van der Waals surface area contributed by atoms with Crippen molar-refractivity contribution < 1.29 is 13.2 Å². The van der Waals surface area contributed by atoms with E-state index in [0.717, 1.165) is 17.1 Å². The normalized spacial score (nSPS) is 11.4. The molecule has 1 heterocycles. The van der Waals surface area contributed by atoms with E-state index in [2.05, 4.69) is 4.98 Å². The van der Waals surface area contributed by atoms with Crippen molar-refractivity contribution in [2.45, 2.75) is 13.3 Å². The molecule has 2 aromatic rings. The molecule has 2 rings (SSSR count). The molecule has 0 spiro atoms. The lowest BCUT2D eigenvalue weighted by Gasteiger charge is -2.16. The first-order valence-electron chi connectivity index (χ1n) is 6.44. The molecule has 0 unspecified atom stereocenters. The van der Waals surface area contributed by atoms with E-state index in [1.165, 1.54) is 17.6 Å². The van der Waals surface area contributed by atoms with Gasteiger partial charge in [0.25, 0.3) is 0 Å². The van der Waals surface area contributed by atoms with E-state index in [1.54, 1.807) is 35.6 Å². The summed E-state index contributed by atoms with van der Waals surface area (Å²) in [4.78, 5) is 4.37. The molecule has 0 aliphatic heterocycles. The highest BCUT2D eigenvalue weighted by Crippen LogP contribution is 2.20. The van der Waals surface area contributed by atoms with Gasteiger partial charge < -0.3 is 4.74 Å². The Balaban J connectivity index is 1.91. The van der Waals surface area contributed by atoms with Crippen molar-refractivity contribution in [3.8, 4) is 5.75 Å². The Morgan fingerprint density at radius 1 is 1.29 bits per heavy atom. The molecule has 0 bridgehead atoms. The molecule has 0 fully saturated rings. The Morgan fingerprint density at radius 3 is 2.48 bits per heavy atom. The molecular weight excluding hydrogens is 308 g/mol. The minimum Gasteiger partial charge on any atom is -0.493 e. The summed E-state index contributed by atoms with van der Waals surface area (Å²) >= 11 is 1.63. The van der Waals surface area contributed by atoms with Crippen LogP contribution in [0.4, 0.5) is 5.69 Å². The van der Waals surface area contributed by atoms with Gasteiger partial charge in [-0.05, 0) is 31.2 Å². The highest BCUT2D eigenvalue weighted by atomic mass is 32.2. The quantitative estimate of drug-likeness (QED) is 0.818. The van der Waals surface area contributed by atoms with Crippen LogP contribution in [-0.2, 0) is 16.4 Å². The lowest BCUT2D eigenvalue weighted by atomic mass is 10.3. The third-order valence-corrected chi connectivity index (χ3v) is 5.02. The Bertz CT molecular complexity index is 693. The number of hydrogen-bond acceptors (Lipinski definition) is 5.